The highest BCUT2D eigenvalue weighted by Crippen LogP contribution is 2.41. The predicted octanol–water partition coefficient (Wildman–Crippen LogP) is 1.79. The summed E-state index contributed by atoms with van der Waals surface area (Å²) in [6.45, 7) is 0.660. The van der Waals surface area contributed by atoms with E-state index in [9.17, 15) is 8.42 Å². The fourth-order valence-electron chi connectivity index (χ4n) is 2.81. The molecule has 1 aromatic rings. The summed E-state index contributed by atoms with van der Waals surface area (Å²) in [5, 5.41) is 8.74. The van der Waals surface area contributed by atoms with Gasteiger partial charge in [0.2, 0.25) is 0 Å². The Morgan fingerprint density at radius 2 is 2.24 bits per heavy atom. The smallest absolute Gasteiger partial charge is 0.206 e. The molecule has 1 aromatic heterocycles. The number of thiophene rings is 1. The normalized spacial score (nSPS) is 28.4. The molecular formula is C11H12N2O2S2. The summed E-state index contributed by atoms with van der Waals surface area (Å²) in [6.07, 6.45) is 3.15. The van der Waals surface area contributed by atoms with Gasteiger partial charge in [0.25, 0.3) is 10.0 Å². The van der Waals surface area contributed by atoms with E-state index in [2.05, 4.69) is 0 Å². The van der Waals surface area contributed by atoms with Crippen LogP contribution in [-0.2, 0) is 10.0 Å². The Balaban J connectivity index is 1.94. The van der Waals surface area contributed by atoms with Gasteiger partial charge in [0.1, 0.15) is 15.2 Å². The first-order valence-corrected chi connectivity index (χ1v) is 7.88. The minimum Gasteiger partial charge on any atom is -0.206 e. The van der Waals surface area contributed by atoms with E-state index in [1.165, 1.54) is 0 Å². The maximum atomic E-state index is 12.4. The lowest BCUT2D eigenvalue weighted by atomic mass is 10.1. The van der Waals surface area contributed by atoms with Gasteiger partial charge in [-0.25, -0.2) is 8.42 Å². The summed E-state index contributed by atoms with van der Waals surface area (Å²) in [6, 6.07) is 5.29. The van der Waals surface area contributed by atoms with Crippen molar-refractivity contribution in [3.63, 3.8) is 0 Å². The van der Waals surface area contributed by atoms with E-state index >= 15 is 0 Å². The molecule has 2 heterocycles. The number of piperidine rings is 1. The number of rotatable bonds is 2. The second-order valence-corrected chi connectivity index (χ2v) is 7.84. The van der Waals surface area contributed by atoms with Gasteiger partial charge in [-0.05, 0) is 37.3 Å². The molecule has 1 aliphatic carbocycles. The molecule has 4 nitrogen and oxygen atoms in total. The third kappa shape index (κ3) is 1.69. The Bertz CT molecular complexity index is 585. The SMILES string of the molecule is N#Cc1ccc(S(=O)(=O)N2CC3CCC2C3)s1. The molecule has 17 heavy (non-hydrogen) atoms. The zero-order valence-corrected chi connectivity index (χ0v) is 10.8. The van der Waals surface area contributed by atoms with Crippen molar-refractivity contribution in [1.29, 1.82) is 5.26 Å². The van der Waals surface area contributed by atoms with Gasteiger partial charge in [-0.3, -0.25) is 0 Å². The Morgan fingerprint density at radius 3 is 2.76 bits per heavy atom. The third-order valence-electron chi connectivity index (χ3n) is 3.61. The van der Waals surface area contributed by atoms with Gasteiger partial charge in [0.15, 0.2) is 0 Å². The molecule has 0 radical (unpaired) electrons. The molecule has 90 valence electrons. The maximum absolute atomic E-state index is 12.4. The van der Waals surface area contributed by atoms with Crippen LogP contribution in [0.15, 0.2) is 16.3 Å². The molecule has 3 rings (SSSR count). The van der Waals surface area contributed by atoms with Gasteiger partial charge in [0, 0.05) is 12.6 Å². The number of nitriles is 1. The molecule has 1 saturated heterocycles. The molecule has 1 aliphatic heterocycles. The van der Waals surface area contributed by atoms with Gasteiger partial charge in [-0.2, -0.15) is 9.57 Å². The van der Waals surface area contributed by atoms with Crippen molar-refractivity contribution >= 4 is 21.4 Å². The Hall–Kier alpha value is -0.900. The third-order valence-corrected chi connectivity index (χ3v) is 6.99. The molecule has 2 unspecified atom stereocenters. The molecule has 2 bridgehead atoms. The van der Waals surface area contributed by atoms with Crippen molar-refractivity contribution in [3.8, 4) is 6.07 Å². The topological polar surface area (TPSA) is 61.2 Å². The predicted molar refractivity (Wildman–Crippen MR) is 64.1 cm³/mol. The first-order valence-electron chi connectivity index (χ1n) is 5.63. The average molecular weight is 268 g/mol. The van der Waals surface area contributed by atoms with Crippen molar-refractivity contribution in [2.75, 3.05) is 6.54 Å². The van der Waals surface area contributed by atoms with Crippen LogP contribution in [-0.4, -0.2) is 25.3 Å². The van der Waals surface area contributed by atoms with Gasteiger partial charge in [-0.15, -0.1) is 11.3 Å². The van der Waals surface area contributed by atoms with Gasteiger partial charge < -0.3 is 0 Å². The largest absolute Gasteiger partial charge is 0.252 e. The van der Waals surface area contributed by atoms with Crippen LogP contribution < -0.4 is 0 Å². The Labute approximate surface area is 105 Å². The van der Waals surface area contributed by atoms with E-state index in [0.29, 0.717) is 21.5 Å². The lowest BCUT2D eigenvalue weighted by Gasteiger charge is -2.25. The van der Waals surface area contributed by atoms with Gasteiger partial charge >= 0.3 is 0 Å². The summed E-state index contributed by atoms with van der Waals surface area (Å²) in [4.78, 5) is 0.452. The molecule has 0 aromatic carbocycles. The Morgan fingerprint density at radius 1 is 1.41 bits per heavy atom. The lowest BCUT2D eigenvalue weighted by Crippen LogP contribution is -2.37. The fourth-order valence-corrected chi connectivity index (χ4v) is 5.78. The zero-order valence-electron chi connectivity index (χ0n) is 9.17. The van der Waals surface area contributed by atoms with Gasteiger partial charge in [0.05, 0.1) is 0 Å². The zero-order chi connectivity index (χ0) is 12.0. The van der Waals surface area contributed by atoms with E-state index in [0.717, 1.165) is 30.6 Å². The quantitative estimate of drug-likeness (QED) is 0.821. The summed E-state index contributed by atoms with van der Waals surface area (Å²) < 4.78 is 26.7. The van der Waals surface area contributed by atoms with E-state index in [1.807, 2.05) is 6.07 Å². The molecule has 2 atom stereocenters. The van der Waals surface area contributed by atoms with Crippen LogP contribution >= 0.6 is 11.3 Å². The first kappa shape index (κ1) is 11.2. The van der Waals surface area contributed by atoms with E-state index in [1.54, 1.807) is 16.4 Å². The van der Waals surface area contributed by atoms with Crippen molar-refractivity contribution < 1.29 is 8.42 Å². The number of hydrogen-bond acceptors (Lipinski definition) is 4. The number of hydrogen-bond donors (Lipinski definition) is 0. The lowest BCUT2D eigenvalue weighted by molar-refractivity contribution is 0.334. The van der Waals surface area contributed by atoms with E-state index < -0.39 is 10.0 Å². The maximum Gasteiger partial charge on any atom is 0.252 e. The molecule has 2 fully saturated rings. The molecule has 2 aliphatic rings. The Kier molecular flexibility index (Phi) is 2.51. The highest BCUT2D eigenvalue weighted by molar-refractivity contribution is 7.91. The average Bonchev–Trinajstić information content (AvgIpc) is 3.04. The number of fused-ring (bicyclic) bond motifs is 2. The van der Waals surface area contributed by atoms with Crippen molar-refractivity contribution in [2.24, 2.45) is 5.92 Å². The summed E-state index contributed by atoms with van der Waals surface area (Å²) in [5.74, 6) is 0.546. The van der Waals surface area contributed by atoms with Crippen LogP contribution in [0.25, 0.3) is 0 Å². The van der Waals surface area contributed by atoms with Crippen molar-refractivity contribution in [3.05, 3.63) is 17.0 Å². The second kappa shape index (κ2) is 3.80. The number of nitrogens with zero attached hydrogens (tertiary/aromatic N) is 2. The van der Waals surface area contributed by atoms with E-state index in [-0.39, 0.29) is 6.04 Å². The molecule has 1 saturated carbocycles. The highest BCUT2D eigenvalue weighted by Gasteiger charge is 2.44. The van der Waals surface area contributed by atoms with Crippen LogP contribution in [0.2, 0.25) is 0 Å². The molecule has 6 heteroatoms. The van der Waals surface area contributed by atoms with Crippen molar-refractivity contribution in [1.82, 2.24) is 4.31 Å². The minimum atomic E-state index is -3.36. The van der Waals surface area contributed by atoms with Gasteiger partial charge in [-0.1, -0.05) is 0 Å². The van der Waals surface area contributed by atoms with Crippen LogP contribution in [0.4, 0.5) is 0 Å². The van der Waals surface area contributed by atoms with Crippen LogP contribution in [0.5, 0.6) is 0 Å². The molecule has 0 N–H and O–H groups in total. The van der Waals surface area contributed by atoms with E-state index in [4.69, 9.17) is 5.26 Å². The molecular weight excluding hydrogens is 256 g/mol. The first-order chi connectivity index (χ1) is 8.11. The minimum absolute atomic E-state index is 0.192. The van der Waals surface area contributed by atoms with Crippen LogP contribution in [0.1, 0.15) is 24.1 Å². The molecule has 0 spiro atoms. The van der Waals surface area contributed by atoms with Crippen LogP contribution in [0, 0.1) is 17.2 Å². The standard InChI is InChI=1S/C11H12N2O2S2/c12-6-10-3-4-11(16-10)17(14,15)13-7-8-1-2-9(13)5-8/h3-4,8-9H,1-2,5,7H2. The van der Waals surface area contributed by atoms with Crippen molar-refractivity contribution in [2.45, 2.75) is 29.5 Å². The summed E-state index contributed by atoms with van der Waals surface area (Å²) >= 11 is 1.06. The van der Waals surface area contributed by atoms with Crippen LogP contribution in [0.3, 0.4) is 0 Å². The molecule has 0 amide bonds. The summed E-state index contributed by atoms with van der Waals surface area (Å²) in [7, 11) is -3.36. The summed E-state index contributed by atoms with van der Waals surface area (Å²) in [5.41, 5.74) is 0. The monoisotopic (exact) mass is 268 g/mol. The second-order valence-electron chi connectivity index (χ2n) is 4.64. The highest BCUT2D eigenvalue weighted by atomic mass is 32.2. The fraction of sp³-hybridized carbons (Fsp3) is 0.545. The number of sulfonamides is 1.